The highest BCUT2D eigenvalue weighted by atomic mass is 16.6. The van der Waals surface area contributed by atoms with Crippen LogP contribution in [0.25, 0.3) is 0 Å². The summed E-state index contributed by atoms with van der Waals surface area (Å²) in [5.74, 6) is -0.0780. The number of nitrogens with one attached hydrogen (secondary N) is 2. The second-order valence-electron chi connectivity index (χ2n) is 7.49. The van der Waals surface area contributed by atoms with Crippen molar-refractivity contribution in [1.29, 1.82) is 0 Å². The van der Waals surface area contributed by atoms with E-state index in [4.69, 9.17) is 10.5 Å². The Morgan fingerprint density at radius 3 is 2.72 bits per heavy atom. The number of ether oxygens (including phenoxy) is 1. The fourth-order valence-corrected chi connectivity index (χ4v) is 2.79. The summed E-state index contributed by atoms with van der Waals surface area (Å²) in [6.07, 6.45) is 0.384. The predicted molar refractivity (Wildman–Crippen MR) is 98.4 cm³/mol. The minimum atomic E-state index is -0.515. The first kappa shape index (κ1) is 19.1. The second kappa shape index (κ2) is 7.74. The van der Waals surface area contributed by atoms with E-state index in [0.29, 0.717) is 12.2 Å². The van der Waals surface area contributed by atoms with E-state index in [1.165, 1.54) is 0 Å². The summed E-state index contributed by atoms with van der Waals surface area (Å²) in [7, 11) is 0. The molecule has 1 atom stereocenters. The Kier molecular flexibility index (Phi) is 5.89. The first-order valence-electron chi connectivity index (χ1n) is 8.50. The lowest BCUT2D eigenvalue weighted by atomic mass is 10.2. The number of nitrogens with two attached hydrogens (primary N) is 1. The van der Waals surface area contributed by atoms with Gasteiger partial charge in [-0.15, -0.1) is 0 Å². The number of hydrogen-bond acceptors (Lipinski definition) is 5. The number of nitrogens with zero attached hydrogens (tertiary/aromatic N) is 1. The van der Waals surface area contributed by atoms with E-state index >= 15 is 0 Å². The molecule has 1 aromatic carbocycles. The second-order valence-corrected chi connectivity index (χ2v) is 7.49. The average Bonchev–Trinajstić information content (AvgIpc) is 2.86. The van der Waals surface area contributed by atoms with Crippen molar-refractivity contribution in [3.8, 4) is 0 Å². The average molecular weight is 348 g/mol. The molecule has 1 aliphatic rings. The van der Waals surface area contributed by atoms with Gasteiger partial charge in [0.1, 0.15) is 5.60 Å². The molecule has 138 valence electrons. The van der Waals surface area contributed by atoms with Crippen molar-refractivity contribution in [3.05, 3.63) is 23.8 Å². The number of anilines is 2. The normalized spacial score (nSPS) is 18.0. The van der Waals surface area contributed by atoms with Gasteiger partial charge in [-0.25, -0.2) is 4.79 Å². The highest BCUT2D eigenvalue weighted by Crippen LogP contribution is 2.18. The molecule has 0 spiro atoms. The van der Waals surface area contributed by atoms with Crippen LogP contribution in [0.4, 0.5) is 16.2 Å². The molecule has 25 heavy (non-hydrogen) atoms. The zero-order valence-corrected chi connectivity index (χ0v) is 15.4. The summed E-state index contributed by atoms with van der Waals surface area (Å²) in [4.78, 5) is 26.1. The maximum atomic E-state index is 12.2. The highest BCUT2D eigenvalue weighted by Gasteiger charge is 2.27. The van der Waals surface area contributed by atoms with Gasteiger partial charge in [-0.2, -0.15) is 0 Å². The maximum Gasteiger partial charge on any atom is 0.407 e. The summed E-state index contributed by atoms with van der Waals surface area (Å²) in [5.41, 5.74) is 7.57. The molecule has 1 aromatic rings. The molecular weight excluding hydrogens is 320 g/mol. The van der Waals surface area contributed by atoms with Crippen molar-refractivity contribution >= 4 is 23.4 Å². The number of carbonyl (C=O) groups excluding carboxylic acids is 2. The summed E-state index contributed by atoms with van der Waals surface area (Å²) >= 11 is 0. The van der Waals surface area contributed by atoms with Crippen molar-refractivity contribution in [2.24, 2.45) is 0 Å². The maximum absolute atomic E-state index is 12.2. The number of likely N-dealkylation sites (tertiary alicyclic amines) is 1. The van der Waals surface area contributed by atoms with Crippen molar-refractivity contribution in [3.63, 3.8) is 0 Å². The predicted octanol–water partition coefficient (Wildman–Crippen LogP) is 2.11. The number of aryl methyl sites for hydroxylation is 1. The fraction of sp³-hybridized carbons (Fsp3) is 0.556. The molecule has 0 bridgehead atoms. The molecule has 1 aliphatic heterocycles. The van der Waals surface area contributed by atoms with Crippen LogP contribution in [-0.2, 0) is 9.53 Å². The number of amides is 2. The van der Waals surface area contributed by atoms with E-state index in [2.05, 4.69) is 10.6 Å². The van der Waals surface area contributed by atoms with E-state index in [0.717, 1.165) is 24.2 Å². The van der Waals surface area contributed by atoms with Crippen LogP contribution in [0.3, 0.4) is 0 Å². The van der Waals surface area contributed by atoms with E-state index < -0.39 is 11.7 Å². The summed E-state index contributed by atoms with van der Waals surface area (Å²) < 4.78 is 5.26. The molecule has 0 saturated carbocycles. The van der Waals surface area contributed by atoms with Gasteiger partial charge in [-0.05, 0) is 57.9 Å². The van der Waals surface area contributed by atoms with Crippen molar-refractivity contribution in [2.75, 3.05) is 30.7 Å². The van der Waals surface area contributed by atoms with E-state index in [1.807, 2.05) is 38.7 Å². The molecule has 2 amide bonds. The van der Waals surface area contributed by atoms with Gasteiger partial charge in [-0.3, -0.25) is 9.69 Å². The van der Waals surface area contributed by atoms with Gasteiger partial charge < -0.3 is 21.1 Å². The molecule has 2 rings (SSSR count). The van der Waals surface area contributed by atoms with Crippen LogP contribution in [0, 0.1) is 6.92 Å². The van der Waals surface area contributed by atoms with E-state index in [1.54, 1.807) is 12.1 Å². The molecule has 0 aromatic heterocycles. The van der Waals surface area contributed by atoms with Crippen LogP contribution < -0.4 is 16.4 Å². The van der Waals surface area contributed by atoms with Gasteiger partial charge in [0.05, 0.1) is 6.54 Å². The van der Waals surface area contributed by atoms with Crippen molar-refractivity contribution < 1.29 is 14.3 Å². The van der Waals surface area contributed by atoms with Gasteiger partial charge >= 0.3 is 6.09 Å². The van der Waals surface area contributed by atoms with Crippen LogP contribution in [0.1, 0.15) is 32.8 Å². The Labute approximate surface area is 148 Å². The smallest absolute Gasteiger partial charge is 0.407 e. The van der Waals surface area contributed by atoms with E-state index in [9.17, 15) is 9.59 Å². The molecule has 1 unspecified atom stereocenters. The minimum absolute atomic E-state index is 0.000842. The Balaban J connectivity index is 1.78. The zero-order chi connectivity index (χ0) is 18.6. The molecule has 1 saturated heterocycles. The molecule has 0 radical (unpaired) electrons. The van der Waals surface area contributed by atoms with Crippen molar-refractivity contribution in [2.45, 2.75) is 45.8 Å². The molecular formula is C18H28N4O3. The standard InChI is InChI=1S/C18H28N4O3/c1-12-9-13(19)5-6-15(12)21-16(23)11-22-8-7-14(10-22)20-17(24)25-18(2,3)4/h5-6,9,14H,7-8,10-11,19H2,1-4H3,(H,20,24)(H,21,23). The largest absolute Gasteiger partial charge is 0.444 e. The van der Waals surface area contributed by atoms with Crippen LogP contribution in [0.2, 0.25) is 0 Å². The Morgan fingerprint density at radius 2 is 2.08 bits per heavy atom. The van der Waals surface area contributed by atoms with Crippen molar-refractivity contribution in [1.82, 2.24) is 10.2 Å². The fourth-order valence-electron chi connectivity index (χ4n) is 2.79. The lowest BCUT2D eigenvalue weighted by Crippen LogP contribution is -2.41. The minimum Gasteiger partial charge on any atom is -0.444 e. The lowest BCUT2D eigenvalue weighted by Gasteiger charge is -2.22. The number of alkyl carbamates (subject to hydrolysis) is 1. The molecule has 1 fully saturated rings. The Morgan fingerprint density at radius 1 is 1.36 bits per heavy atom. The van der Waals surface area contributed by atoms with Gasteiger partial charge in [0.15, 0.2) is 0 Å². The lowest BCUT2D eigenvalue weighted by molar-refractivity contribution is -0.117. The monoisotopic (exact) mass is 348 g/mol. The number of nitrogen functional groups attached to an aromatic ring is 1. The summed E-state index contributed by atoms with van der Waals surface area (Å²) in [6, 6.07) is 5.39. The third-order valence-electron chi connectivity index (χ3n) is 3.88. The van der Waals surface area contributed by atoms with Crippen LogP contribution in [0.5, 0.6) is 0 Å². The molecule has 7 heteroatoms. The zero-order valence-electron chi connectivity index (χ0n) is 15.4. The number of hydrogen-bond donors (Lipinski definition) is 3. The number of rotatable bonds is 4. The van der Waals surface area contributed by atoms with E-state index in [-0.39, 0.29) is 18.5 Å². The third-order valence-corrected chi connectivity index (χ3v) is 3.88. The summed E-state index contributed by atoms with van der Waals surface area (Å²) in [6.45, 7) is 9.08. The third kappa shape index (κ3) is 6.26. The Hall–Kier alpha value is -2.28. The number of benzene rings is 1. The van der Waals surface area contributed by atoms with Gasteiger partial charge in [0.25, 0.3) is 0 Å². The SMILES string of the molecule is Cc1cc(N)ccc1NC(=O)CN1CCC(NC(=O)OC(C)(C)C)C1. The summed E-state index contributed by atoms with van der Waals surface area (Å²) in [5, 5.41) is 5.76. The van der Waals surface area contributed by atoms with Gasteiger partial charge in [0, 0.05) is 30.5 Å². The molecule has 0 aliphatic carbocycles. The Bertz CT molecular complexity index is 640. The number of carbonyl (C=O) groups is 2. The van der Waals surface area contributed by atoms with Crippen LogP contribution in [0.15, 0.2) is 18.2 Å². The first-order valence-corrected chi connectivity index (χ1v) is 8.50. The molecule has 4 N–H and O–H groups in total. The first-order chi connectivity index (χ1) is 11.6. The van der Waals surface area contributed by atoms with Gasteiger partial charge in [-0.1, -0.05) is 0 Å². The molecule has 7 nitrogen and oxygen atoms in total. The molecule has 1 heterocycles. The van der Waals surface area contributed by atoms with Crippen LogP contribution >= 0.6 is 0 Å². The van der Waals surface area contributed by atoms with Crippen LogP contribution in [-0.4, -0.2) is 48.2 Å². The quantitative estimate of drug-likeness (QED) is 0.724. The van der Waals surface area contributed by atoms with Gasteiger partial charge in [0.2, 0.25) is 5.91 Å². The highest BCUT2D eigenvalue weighted by molar-refractivity contribution is 5.93. The topological polar surface area (TPSA) is 96.7 Å².